The molecule has 0 amide bonds. The zero-order valence-corrected chi connectivity index (χ0v) is 22.4. The van der Waals surface area contributed by atoms with Gasteiger partial charge in [-0.2, -0.15) is 0 Å². The standard InChI is InChI=1S/C13H17FN2.C10H18O.C6H12/c1-4-8(2)16-12-6-10(14)5-11(9(12)3)13-7-15-13;1-4-9(11)7-10(2,3)8-5-6-8;1-6(2)4-3-5-6/h5-6,13,15H,4,7H2,1-3H3;8H,4-7H2,1-3H3;3-5H2,1-2H3. The van der Waals surface area contributed by atoms with Crippen molar-refractivity contribution in [2.24, 2.45) is 21.7 Å². The van der Waals surface area contributed by atoms with Crippen LogP contribution in [0.3, 0.4) is 0 Å². The number of Topliss-reactive ketones (excluding diaryl/α,β-unsaturated/α-hetero) is 1. The van der Waals surface area contributed by atoms with Crippen LogP contribution in [0.1, 0.15) is 117 Å². The molecule has 33 heavy (non-hydrogen) atoms. The fourth-order valence-electron chi connectivity index (χ4n) is 4.25. The van der Waals surface area contributed by atoms with E-state index in [-0.39, 0.29) is 11.2 Å². The highest BCUT2D eigenvalue weighted by molar-refractivity contribution is 5.84. The van der Waals surface area contributed by atoms with Gasteiger partial charge in [0.15, 0.2) is 0 Å². The highest BCUT2D eigenvalue weighted by Gasteiger charge is 2.38. The second-order valence-electron chi connectivity index (χ2n) is 11.7. The van der Waals surface area contributed by atoms with Crippen LogP contribution in [-0.2, 0) is 4.79 Å². The summed E-state index contributed by atoms with van der Waals surface area (Å²) in [5.41, 5.74) is 4.94. The van der Waals surface area contributed by atoms with Crippen molar-refractivity contribution < 1.29 is 9.18 Å². The van der Waals surface area contributed by atoms with Crippen LogP contribution in [0.5, 0.6) is 0 Å². The smallest absolute Gasteiger partial charge is 0.133 e. The van der Waals surface area contributed by atoms with Gasteiger partial charge in [0.1, 0.15) is 11.6 Å². The first-order valence-corrected chi connectivity index (χ1v) is 13.0. The van der Waals surface area contributed by atoms with Crippen LogP contribution in [0.2, 0.25) is 0 Å². The van der Waals surface area contributed by atoms with Gasteiger partial charge < -0.3 is 5.32 Å². The Morgan fingerprint density at radius 3 is 2.15 bits per heavy atom. The average molecular weight is 459 g/mol. The molecule has 186 valence electrons. The Balaban J connectivity index is 0.000000195. The third-order valence-corrected chi connectivity index (χ3v) is 7.43. The lowest BCUT2D eigenvalue weighted by Gasteiger charge is -2.33. The van der Waals surface area contributed by atoms with Gasteiger partial charge in [-0.25, -0.2) is 4.39 Å². The molecule has 0 spiro atoms. The molecule has 3 nitrogen and oxygen atoms in total. The van der Waals surface area contributed by atoms with E-state index in [4.69, 9.17) is 0 Å². The summed E-state index contributed by atoms with van der Waals surface area (Å²) in [6.07, 6.45) is 9.43. The number of hydrogen-bond donors (Lipinski definition) is 1. The second-order valence-corrected chi connectivity index (χ2v) is 11.7. The van der Waals surface area contributed by atoms with Crippen molar-refractivity contribution in [2.45, 2.75) is 113 Å². The normalized spacial score (nSPS) is 21.1. The number of benzene rings is 1. The van der Waals surface area contributed by atoms with Crippen molar-refractivity contribution in [1.82, 2.24) is 5.32 Å². The van der Waals surface area contributed by atoms with E-state index in [9.17, 15) is 9.18 Å². The molecule has 1 N–H and O–H groups in total. The van der Waals surface area contributed by atoms with E-state index in [0.29, 0.717) is 18.2 Å². The van der Waals surface area contributed by atoms with Gasteiger partial charge in [0.25, 0.3) is 0 Å². The average Bonchev–Trinajstić information content (AvgIpc) is 3.62. The Hall–Kier alpha value is -1.55. The number of carbonyl (C=O) groups is 1. The van der Waals surface area contributed by atoms with Crippen LogP contribution in [0.15, 0.2) is 17.1 Å². The zero-order chi connectivity index (χ0) is 24.8. The molecule has 4 rings (SSSR count). The molecule has 1 heterocycles. The molecular weight excluding hydrogens is 411 g/mol. The maximum Gasteiger partial charge on any atom is 0.133 e. The molecule has 2 aliphatic carbocycles. The number of hydrogen-bond acceptors (Lipinski definition) is 3. The first-order valence-electron chi connectivity index (χ1n) is 13.0. The van der Waals surface area contributed by atoms with E-state index in [1.54, 1.807) is 6.07 Å². The van der Waals surface area contributed by atoms with Gasteiger partial charge in [-0.1, -0.05) is 48.0 Å². The quantitative estimate of drug-likeness (QED) is 0.330. The Labute approximate surface area is 202 Å². The number of rotatable bonds is 7. The molecule has 1 aromatic rings. The van der Waals surface area contributed by atoms with E-state index in [2.05, 4.69) is 44.9 Å². The fourth-order valence-corrected chi connectivity index (χ4v) is 4.25. The van der Waals surface area contributed by atoms with E-state index >= 15 is 0 Å². The van der Waals surface area contributed by atoms with Crippen LogP contribution >= 0.6 is 0 Å². The third-order valence-electron chi connectivity index (χ3n) is 7.43. The van der Waals surface area contributed by atoms with Crippen molar-refractivity contribution in [1.29, 1.82) is 0 Å². The topological polar surface area (TPSA) is 51.4 Å². The number of nitrogens with one attached hydrogen (secondary N) is 1. The second kappa shape index (κ2) is 11.7. The Morgan fingerprint density at radius 1 is 1.18 bits per heavy atom. The predicted octanol–water partition coefficient (Wildman–Crippen LogP) is 8.27. The summed E-state index contributed by atoms with van der Waals surface area (Å²) in [5.74, 6) is 1.05. The molecule has 3 aliphatic rings. The van der Waals surface area contributed by atoms with Gasteiger partial charge in [0.2, 0.25) is 0 Å². The molecule has 1 aliphatic heterocycles. The molecule has 3 fully saturated rings. The highest BCUT2D eigenvalue weighted by atomic mass is 19.1. The minimum atomic E-state index is -0.197. The molecular formula is C29H47FN2O. The lowest BCUT2D eigenvalue weighted by atomic mass is 9.72. The van der Waals surface area contributed by atoms with Gasteiger partial charge in [-0.15, -0.1) is 0 Å². The Kier molecular flexibility index (Phi) is 9.84. The fraction of sp³-hybridized carbons (Fsp3) is 0.724. The minimum absolute atomic E-state index is 0.197. The van der Waals surface area contributed by atoms with E-state index < -0.39 is 0 Å². The first kappa shape index (κ1) is 27.7. The van der Waals surface area contributed by atoms with Crippen LogP contribution in [0.4, 0.5) is 10.1 Å². The Bertz CT molecular complexity index is 826. The largest absolute Gasteiger partial charge is 0.307 e. The van der Waals surface area contributed by atoms with E-state index in [0.717, 1.165) is 53.2 Å². The zero-order valence-electron chi connectivity index (χ0n) is 22.4. The first-order chi connectivity index (χ1) is 15.4. The maximum atomic E-state index is 13.5. The third kappa shape index (κ3) is 9.31. The van der Waals surface area contributed by atoms with Crippen LogP contribution in [0, 0.1) is 29.5 Å². The lowest BCUT2D eigenvalue weighted by molar-refractivity contribution is -0.120. The van der Waals surface area contributed by atoms with Crippen molar-refractivity contribution in [3.8, 4) is 0 Å². The van der Waals surface area contributed by atoms with Crippen molar-refractivity contribution in [3.63, 3.8) is 0 Å². The number of ketones is 1. The van der Waals surface area contributed by atoms with Crippen LogP contribution in [0.25, 0.3) is 0 Å². The van der Waals surface area contributed by atoms with Crippen molar-refractivity contribution in [2.75, 3.05) is 6.54 Å². The molecule has 2 saturated carbocycles. The molecule has 0 radical (unpaired) electrons. The van der Waals surface area contributed by atoms with Gasteiger partial charge >= 0.3 is 0 Å². The SMILES string of the molecule is CC1(C)CCC1.CCC(=O)CC(C)(C)C1CC1.CCC(C)=Nc1cc(F)cc(C2CN2)c1C. The number of nitrogens with zero attached hydrogens (tertiary/aromatic N) is 1. The minimum Gasteiger partial charge on any atom is -0.307 e. The number of aliphatic imine (C=N–C) groups is 1. The number of halogens is 1. The molecule has 0 bridgehead atoms. The summed E-state index contributed by atoms with van der Waals surface area (Å²) in [6, 6.07) is 3.45. The molecule has 4 heteroatoms. The van der Waals surface area contributed by atoms with Crippen molar-refractivity contribution >= 4 is 17.2 Å². The summed E-state index contributed by atoms with van der Waals surface area (Å²) in [7, 11) is 0. The van der Waals surface area contributed by atoms with Gasteiger partial charge in [0.05, 0.1) is 5.69 Å². The molecule has 1 unspecified atom stereocenters. The van der Waals surface area contributed by atoms with Crippen LogP contribution in [-0.4, -0.2) is 18.0 Å². The van der Waals surface area contributed by atoms with Gasteiger partial charge in [-0.3, -0.25) is 9.79 Å². The van der Waals surface area contributed by atoms with Gasteiger partial charge in [-0.05, 0) is 86.0 Å². The Morgan fingerprint density at radius 2 is 1.76 bits per heavy atom. The van der Waals surface area contributed by atoms with E-state index in [1.165, 1.54) is 38.2 Å². The summed E-state index contributed by atoms with van der Waals surface area (Å²) in [4.78, 5) is 15.6. The summed E-state index contributed by atoms with van der Waals surface area (Å²) < 4.78 is 13.5. The van der Waals surface area contributed by atoms with Crippen LogP contribution < -0.4 is 5.32 Å². The molecule has 1 atom stereocenters. The predicted molar refractivity (Wildman–Crippen MR) is 139 cm³/mol. The summed E-state index contributed by atoms with van der Waals surface area (Å²) >= 11 is 0. The van der Waals surface area contributed by atoms with E-state index in [1.807, 2.05) is 20.8 Å². The van der Waals surface area contributed by atoms with Crippen molar-refractivity contribution in [3.05, 3.63) is 29.1 Å². The molecule has 1 saturated heterocycles. The summed E-state index contributed by atoms with van der Waals surface area (Å²) in [5, 5.41) is 3.20. The molecule has 0 aromatic heterocycles. The molecule has 1 aromatic carbocycles. The maximum absolute atomic E-state index is 13.5. The monoisotopic (exact) mass is 458 g/mol. The highest BCUT2D eigenvalue weighted by Crippen LogP contribution is 2.47. The van der Waals surface area contributed by atoms with Gasteiger partial charge in [0, 0.05) is 31.1 Å². The lowest BCUT2D eigenvalue weighted by Crippen LogP contribution is -2.20. The summed E-state index contributed by atoms with van der Waals surface area (Å²) in [6.45, 7) is 18.0. The number of carbonyl (C=O) groups excluding carboxylic acids is 1.